The van der Waals surface area contributed by atoms with Gasteiger partial charge in [-0.1, -0.05) is 0 Å². The van der Waals surface area contributed by atoms with E-state index in [1.54, 1.807) is 26.0 Å². The number of benzene rings is 1. The third kappa shape index (κ3) is 4.01. The molecule has 2 heterocycles. The zero-order chi connectivity index (χ0) is 18.8. The molecule has 1 N–H and O–H groups in total. The van der Waals surface area contributed by atoms with Crippen molar-refractivity contribution in [1.29, 1.82) is 5.26 Å². The lowest BCUT2D eigenvalue weighted by molar-refractivity contribution is -0.116. The number of anilines is 1. The Hall–Kier alpha value is -1.66. The fraction of sp³-hybridized carbons (Fsp3) is 0.611. The van der Waals surface area contributed by atoms with E-state index in [-0.39, 0.29) is 16.5 Å². The summed E-state index contributed by atoms with van der Waals surface area (Å²) in [4.78, 5) is 2.21. The van der Waals surface area contributed by atoms with Gasteiger partial charge in [-0.2, -0.15) is 5.26 Å². The maximum absolute atomic E-state index is 12.8. The monoisotopic (exact) mass is 379 g/mol. The van der Waals surface area contributed by atoms with Crippen molar-refractivity contribution in [1.82, 2.24) is 4.72 Å². The van der Waals surface area contributed by atoms with E-state index in [1.165, 1.54) is 6.07 Å². The first kappa shape index (κ1) is 19.1. The predicted molar refractivity (Wildman–Crippen MR) is 97.6 cm³/mol. The molecule has 0 aromatic heterocycles. The number of hydrogen-bond donors (Lipinski definition) is 1. The van der Waals surface area contributed by atoms with Crippen LogP contribution in [0.2, 0.25) is 0 Å². The Kier molecular flexibility index (Phi) is 5.53. The molecule has 0 unspecified atom stereocenters. The largest absolute Gasteiger partial charge is 0.381 e. The van der Waals surface area contributed by atoms with Gasteiger partial charge in [0.05, 0.1) is 29.5 Å². The molecule has 2 saturated heterocycles. The summed E-state index contributed by atoms with van der Waals surface area (Å²) in [7, 11) is -3.72. The normalized spacial score (nSPS) is 20.3. The highest BCUT2D eigenvalue weighted by molar-refractivity contribution is 7.89. The number of nitriles is 1. The molecule has 2 aliphatic rings. The molecule has 1 aromatic carbocycles. The Bertz CT molecular complexity index is 790. The number of nitrogens with zero attached hydrogens (tertiary/aromatic N) is 2. The van der Waals surface area contributed by atoms with Gasteiger partial charge in [0.2, 0.25) is 10.0 Å². The second kappa shape index (κ2) is 7.53. The number of nitrogens with one attached hydrogen (secondary N) is 1. The lowest BCUT2D eigenvalue weighted by Crippen LogP contribution is -2.54. The lowest BCUT2D eigenvalue weighted by atomic mass is 9.92. The quantitative estimate of drug-likeness (QED) is 0.855. The van der Waals surface area contributed by atoms with Crippen molar-refractivity contribution < 1.29 is 17.9 Å². The molecule has 0 radical (unpaired) electrons. The molecular weight excluding hydrogens is 354 g/mol. The molecule has 26 heavy (non-hydrogen) atoms. The van der Waals surface area contributed by atoms with Crippen LogP contribution in [0.4, 0.5) is 5.69 Å². The van der Waals surface area contributed by atoms with E-state index in [9.17, 15) is 13.7 Å². The minimum atomic E-state index is -3.72. The molecule has 2 fully saturated rings. The number of hydrogen-bond acceptors (Lipinski definition) is 6. The van der Waals surface area contributed by atoms with Crippen LogP contribution in [0.5, 0.6) is 0 Å². The lowest BCUT2D eigenvalue weighted by Gasteiger charge is -2.46. The van der Waals surface area contributed by atoms with Crippen molar-refractivity contribution in [2.24, 2.45) is 0 Å². The number of sulfonamides is 1. The van der Waals surface area contributed by atoms with Crippen LogP contribution in [0.15, 0.2) is 23.1 Å². The van der Waals surface area contributed by atoms with Gasteiger partial charge in [0.1, 0.15) is 4.90 Å². The van der Waals surface area contributed by atoms with Gasteiger partial charge in [-0.05, 0) is 32.0 Å². The zero-order valence-electron chi connectivity index (χ0n) is 15.2. The van der Waals surface area contributed by atoms with Crippen LogP contribution in [0.3, 0.4) is 0 Å². The molecule has 3 rings (SSSR count). The molecule has 0 bridgehead atoms. The van der Waals surface area contributed by atoms with Crippen LogP contribution in [0, 0.1) is 11.3 Å². The Morgan fingerprint density at radius 2 is 2.00 bits per heavy atom. The van der Waals surface area contributed by atoms with Gasteiger partial charge >= 0.3 is 0 Å². The maximum atomic E-state index is 12.8. The van der Waals surface area contributed by atoms with E-state index in [4.69, 9.17) is 9.47 Å². The van der Waals surface area contributed by atoms with Gasteiger partial charge in [0.15, 0.2) is 0 Å². The van der Waals surface area contributed by atoms with Gasteiger partial charge in [0, 0.05) is 45.2 Å². The summed E-state index contributed by atoms with van der Waals surface area (Å²) in [5.74, 6) is 0. The third-order valence-electron chi connectivity index (χ3n) is 4.76. The van der Waals surface area contributed by atoms with Crippen LogP contribution in [-0.2, 0) is 19.5 Å². The first-order valence-corrected chi connectivity index (χ1v) is 10.4. The number of ether oxygens (including phenoxy) is 2. The maximum Gasteiger partial charge on any atom is 0.242 e. The minimum Gasteiger partial charge on any atom is -0.381 e. The molecule has 0 saturated carbocycles. The molecule has 2 aliphatic heterocycles. The van der Waals surface area contributed by atoms with E-state index in [0.717, 1.165) is 12.8 Å². The Morgan fingerprint density at radius 1 is 1.27 bits per heavy atom. The van der Waals surface area contributed by atoms with Gasteiger partial charge < -0.3 is 14.4 Å². The van der Waals surface area contributed by atoms with Crippen molar-refractivity contribution >= 4 is 15.7 Å². The van der Waals surface area contributed by atoms with Crippen molar-refractivity contribution in [3.63, 3.8) is 0 Å². The highest BCUT2D eigenvalue weighted by Gasteiger charge is 2.39. The summed E-state index contributed by atoms with van der Waals surface area (Å²) in [6, 6.07) is 6.64. The summed E-state index contributed by atoms with van der Waals surface area (Å²) in [6.45, 7) is 6.62. The summed E-state index contributed by atoms with van der Waals surface area (Å²) in [6.07, 6.45) is 1.60. The molecule has 0 atom stereocenters. The second-order valence-corrected chi connectivity index (χ2v) is 8.82. The SMILES string of the molecule is CC(C)NS(=O)(=O)c1cc(C#N)ccc1N1CCOC2(CCOCC2)C1. The Labute approximate surface area is 154 Å². The first-order valence-electron chi connectivity index (χ1n) is 8.88. The molecule has 0 amide bonds. The molecule has 0 aliphatic carbocycles. The smallest absolute Gasteiger partial charge is 0.242 e. The van der Waals surface area contributed by atoms with Gasteiger partial charge in [0.25, 0.3) is 0 Å². The van der Waals surface area contributed by atoms with E-state index in [0.29, 0.717) is 44.2 Å². The minimum absolute atomic E-state index is 0.148. The van der Waals surface area contributed by atoms with E-state index >= 15 is 0 Å². The summed E-state index contributed by atoms with van der Waals surface area (Å²) in [5, 5.41) is 9.20. The van der Waals surface area contributed by atoms with Crippen molar-refractivity contribution in [3.8, 4) is 6.07 Å². The fourth-order valence-electron chi connectivity index (χ4n) is 3.53. The molecule has 8 heteroatoms. The van der Waals surface area contributed by atoms with Crippen LogP contribution in [0.1, 0.15) is 32.3 Å². The first-order chi connectivity index (χ1) is 12.4. The molecule has 7 nitrogen and oxygen atoms in total. The van der Waals surface area contributed by atoms with Crippen LogP contribution in [0.25, 0.3) is 0 Å². The van der Waals surface area contributed by atoms with Crippen molar-refractivity contribution in [2.45, 2.75) is 43.2 Å². The highest BCUT2D eigenvalue weighted by atomic mass is 32.2. The molecule has 142 valence electrons. The van der Waals surface area contributed by atoms with Crippen molar-refractivity contribution in [2.75, 3.05) is 37.8 Å². The molecule has 1 aromatic rings. The third-order valence-corrected chi connectivity index (χ3v) is 6.45. The number of morpholine rings is 1. The van der Waals surface area contributed by atoms with E-state index in [1.807, 2.05) is 6.07 Å². The second-order valence-electron chi connectivity index (χ2n) is 7.14. The van der Waals surface area contributed by atoms with Gasteiger partial charge in [-0.3, -0.25) is 0 Å². The average Bonchev–Trinajstić information content (AvgIpc) is 2.61. The van der Waals surface area contributed by atoms with Crippen LogP contribution >= 0.6 is 0 Å². The highest BCUT2D eigenvalue weighted by Crippen LogP contribution is 2.34. The molecule has 1 spiro atoms. The zero-order valence-corrected chi connectivity index (χ0v) is 16.0. The summed E-state index contributed by atoms with van der Waals surface area (Å²) in [5.41, 5.74) is 0.648. The van der Waals surface area contributed by atoms with Gasteiger partial charge in [-0.15, -0.1) is 0 Å². The van der Waals surface area contributed by atoms with E-state index < -0.39 is 10.0 Å². The Morgan fingerprint density at radius 3 is 2.65 bits per heavy atom. The topological polar surface area (TPSA) is 91.7 Å². The van der Waals surface area contributed by atoms with E-state index in [2.05, 4.69) is 9.62 Å². The summed E-state index contributed by atoms with van der Waals surface area (Å²) < 4.78 is 39.8. The Balaban J connectivity index is 1.97. The van der Waals surface area contributed by atoms with Crippen LogP contribution in [-0.4, -0.2) is 53.0 Å². The van der Waals surface area contributed by atoms with Crippen molar-refractivity contribution in [3.05, 3.63) is 23.8 Å². The molecular formula is C18H25N3O4S. The average molecular weight is 379 g/mol. The van der Waals surface area contributed by atoms with Crippen LogP contribution < -0.4 is 9.62 Å². The number of rotatable bonds is 4. The predicted octanol–water partition coefficient (Wildman–Crippen LogP) is 1.63. The standard InChI is InChI=1S/C18H25N3O4S/c1-14(2)20-26(22,23)17-11-15(12-19)3-4-16(17)21-7-10-25-18(13-21)5-8-24-9-6-18/h3-4,11,14,20H,5-10,13H2,1-2H3. The van der Waals surface area contributed by atoms with Gasteiger partial charge in [-0.25, -0.2) is 13.1 Å². The fourth-order valence-corrected chi connectivity index (χ4v) is 5.03. The summed E-state index contributed by atoms with van der Waals surface area (Å²) >= 11 is 0.